The Kier molecular flexibility index (Phi) is 5.56. The number of carbonyl (C=O) groups excluding carboxylic acids is 1. The van der Waals surface area contributed by atoms with Gasteiger partial charge in [-0.2, -0.15) is 8.78 Å². The molecule has 1 heterocycles. The van der Waals surface area contributed by atoms with Gasteiger partial charge in [-0.3, -0.25) is 4.79 Å². The summed E-state index contributed by atoms with van der Waals surface area (Å²) in [5.41, 5.74) is 0.0190. The van der Waals surface area contributed by atoms with Gasteiger partial charge in [-0.25, -0.2) is 8.42 Å². The molecule has 1 fully saturated rings. The van der Waals surface area contributed by atoms with Gasteiger partial charge in [-0.1, -0.05) is 19.1 Å². The Bertz CT molecular complexity index is 663. The highest BCUT2D eigenvalue weighted by atomic mass is 32.2. The van der Waals surface area contributed by atoms with E-state index in [0.29, 0.717) is 19.4 Å². The number of hydrogen-bond acceptors (Lipinski definition) is 4. The van der Waals surface area contributed by atoms with Gasteiger partial charge in [0.15, 0.2) is 9.84 Å². The van der Waals surface area contributed by atoms with Crippen molar-refractivity contribution in [1.82, 2.24) is 4.90 Å². The third-order valence-electron chi connectivity index (χ3n) is 3.71. The van der Waals surface area contributed by atoms with Crippen LogP contribution in [0.5, 0.6) is 5.75 Å². The molecule has 0 N–H and O–H groups in total. The number of nitrogens with zero attached hydrogens (tertiary/aromatic N) is 1. The Hall–Kier alpha value is -1.70. The van der Waals surface area contributed by atoms with Crippen molar-refractivity contribution in [1.29, 1.82) is 0 Å². The van der Waals surface area contributed by atoms with E-state index in [-0.39, 0.29) is 22.8 Å². The molecule has 1 unspecified atom stereocenters. The second kappa shape index (κ2) is 7.25. The van der Waals surface area contributed by atoms with Crippen molar-refractivity contribution in [2.75, 3.05) is 18.1 Å². The van der Waals surface area contributed by atoms with Gasteiger partial charge >= 0.3 is 6.61 Å². The predicted molar refractivity (Wildman–Crippen MR) is 81.5 cm³/mol. The summed E-state index contributed by atoms with van der Waals surface area (Å²) in [6, 6.07) is 5.34. The number of alkyl halides is 2. The van der Waals surface area contributed by atoms with Crippen LogP contribution >= 0.6 is 0 Å². The van der Waals surface area contributed by atoms with Crippen molar-refractivity contribution in [3.8, 4) is 5.75 Å². The second-order valence-corrected chi connectivity index (χ2v) is 7.66. The van der Waals surface area contributed by atoms with Crippen LogP contribution in [-0.4, -0.2) is 49.9 Å². The predicted octanol–water partition coefficient (Wildman–Crippen LogP) is 2.33. The molecule has 23 heavy (non-hydrogen) atoms. The molecule has 5 nitrogen and oxygen atoms in total. The Balaban J connectivity index is 2.28. The summed E-state index contributed by atoms with van der Waals surface area (Å²) < 4.78 is 52.7. The fraction of sp³-hybridized carbons (Fsp3) is 0.533. The molecular formula is C15H19F2NO4S. The van der Waals surface area contributed by atoms with Crippen molar-refractivity contribution >= 4 is 15.7 Å². The van der Waals surface area contributed by atoms with E-state index in [0.717, 1.165) is 0 Å². The third-order valence-corrected chi connectivity index (χ3v) is 5.46. The Labute approximate surface area is 134 Å². The lowest BCUT2D eigenvalue weighted by Crippen LogP contribution is -2.41. The zero-order chi connectivity index (χ0) is 17.0. The van der Waals surface area contributed by atoms with Crippen molar-refractivity contribution in [2.45, 2.75) is 32.4 Å². The molecule has 128 valence electrons. The number of ether oxygens (including phenoxy) is 1. The van der Waals surface area contributed by atoms with E-state index in [9.17, 15) is 22.0 Å². The van der Waals surface area contributed by atoms with Crippen LogP contribution in [-0.2, 0) is 9.84 Å². The zero-order valence-electron chi connectivity index (χ0n) is 12.7. The fourth-order valence-corrected chi connectivity index (χ4v) is 4.44. The maximum absolute atomic E-state index is 12.7. The van der Waals surface area contributed by atoms with Crippen LogP contribution in [0.2, 0.25) is 0 Å². The highest BCUT2D eigenvalue weighted by molar-refractivity contribution is 7.91. The standard InChI is InChI=1S/C15H19F2NO4S/c1-2-8-18(11-7-9-23(20,21)10-11)14(19)12-5-3-4-6-13(12)22-15(16)17/h3-6,11,15H,2,7-10H2,1H3. The topological polar surface area (TPSA) is 63.7 Å². The highest BCUT2D eigenvalue weighted by Crippen LogP contribution is 2.25. The Morgan fingerprint density at radius 3 is 2.65 bits per heavy atom. The summed E-state index contributed by atoms with van der Waals surface area (Å²) in [4.78, 5) is 14.2. The summed E-state index contributed by atoms with van der Waals surface area (Å²) in [6.07, 6.45) is 1.01. The van der Waals surface area contributed by atoms with E-state index in [2.05, 4.69) is 4.74 Å². The van der Waals surface area contributed by atoms with Gasteiger partial charge in [0.25, 0.3) is 5.91 Å². The number of rotatable bonds is 6. The first kappa shape index (κ1) is 17.7. The SMILES string of the molecule is CCCN(C(=O)c1ccccc1OC(F)F)C1CCS(=O)(=O)C1. The van der Waals surface area contributed by atoms with Crippen LogP contribution in [0.1, 0.15) is 30.1 Å². The molecule has 0 bridgehead atoms. The van der Waals surface area contributed by atoms with Crippen molar-refractivity contribution < 1.29 is 26.7 Å². The molecule has 0 aliphatic carbocycles. The minimum Gasteiger partial charge on any atom is -0.434 e. The number of amides is 1. The summed E-state index contributed by atoms with van der Waals surface area (Å²) in [6.45, 7) is -0.803. The molecule has 0 aromatic heterocycles. The second-order valence-electron chi connectivity index (χ2n) is 5.43. The van der Waals surface area contributed by atoms with E-state index in [1.807, 2.05) is 6.92 Å². The average molecular weight is 347 g/mol. The number of sulfone groups is 1. The van der Waals surface area contributed by atoms with Crippen LogP contribution < -0.4 is 4.74 Å². The number of carbonyl (C=O) groups is 1. The summed E-state index contributed by atoms with van der Waals surface area (Å²) >= 11 is 0. The third kappa shape index (κ3) is 4.40. The maximum Gasteiger partial charge on any atom is 0.387 e. The molecule has 0 saturated carbocycles. The lowest BCUT2D eigenvalue weighted by atomic mass is 10.1. The van der Waals surface area contributed by atoms with Crippen molar-refractivity contribution in [3.63, 3.8) is 0 Å². The van der Waals surface area contributed by atoms with Gasteiger partial charge in [0, 0.05) is 12.6 Å². The average Bonchev–Trinajstić information content (AvgIpc) is 2.84. The quantitative estimate of drug-likeness (QED) is 0.792. The number of hydrogen-bond donors (Lipinski definition) is 0. The smallest absolute Gasteiger partial charge is 0.387 e. The van der Waals surface area contributed by atoms with Crippen LogP contribution in [0.15, 0.2) is 24.3 Å². The van der Waals surface area contributed by atoms with E-state index in [1.54, 1.807) is 6.07 Å². The van der Waals surface area contributed by atoms with Crippen molar-refractivity contribution in [2.24, 2.45) is 0 Å². The van der Waals surface area contributed by atoms with Gasteiger partial charge in [0.2, 0.25) is 0 Å². The lowest BCUT2D eigenvalue weighted by molar-refractivity contribution is -0.0503. The Morgan fingerprint density at radius 1 is 1.39 bits per heavy atom. The first-order valence-electron chi connectivity index (χ1n) is 7.39. The van der Waals surface area contributed by atoms with Gasteiger partial charge in [-0.15, -0.1) is 0 Å². The van der Waals surface area contributed by atoms with E-state index < -0.39 is 28.4 Å². The molecule has 0 radical (unpaired) electrons. The lowest BCUT2D eigenvalue weighted by Gasteiger charge is -2.28. The van der Waals surface area contributed by atoms with Gasteiger partial charge in [0.05, 0.1) is 17.1 Å². The molecule has 0 spiro atoms. The van der Waals surface area contributed by atoms with E-state index in [4.69, 9.17) is 0 Å². The van der Waals surface area contributed by atoms with Crippen LogP contribution in [0.25, 0.3) is 0 Å². The minimum absolute atomic E-state index is 0.0190. The highest BCUT2D eigenvalue weighted by Gasteiger charge is 2.35. The van der Waals surface area contributed by atoms with Crippen LogP contribution in [0.4, 0.5) is 8.78 Å². The zero-order valence-corrected chi connectivity index (χ0v) is 13.6. The van der Waals surface area contributed by atoms with Gasteiger partial charge in [0.1, 0.15) is 5.75 Å². The molecule has 1 atom stereocenters. The molecule has 1 saturated heterocycles. The molecular weight excluding hydrogens is 328 g/mol. The van der Waals surface area contributed by atoms with Crippen molar-refractivity contribution in [3.05, 3.63) is 29.8 Å². The first-order chi connectivity index (χ1) is 10.8. The summed E-state index contributed by atoms with van der Waals surface area (Å²) in [7, 11) is -3.15. The van der Waals surface area contributed by atoms with Crippen LogP contribution in [0, 0.1) is 0 Å². The molecule has 8 heteroatoms. The van der Waals surface area contributed by atoms with E-state index >= 15 is 0 Å². The molecule has 1 amide bonds. The van der Waals surface area contributed by atoms with Crippen LogP contribution in [0.3, 0.4) is 0 Å². The molecule has 1 aromatic carbocycles. The Morgan fingerprint density at radius 2 is 2.09 bits per heavy atom. The summed E-state index contributed by atoms with van der Waals surface area (Å²) in [5.74, 6) is -0.726. The molecule has 2 rings (SSSR count). The minimum atomic E-state index is -3.15. The monoisotopic (exact) mass is 347 g/mol. The van der Waals surface area contributed by atoms with Gasteiger partial charge in [-0.05, 0) is 25.0 Å². The van der Waals surface area contributed by atoms with Gasteiger partial charge < -0.3 is 9.64 Å². The molecule has 1 aliphatic rings. The fourth-order valence-electron chi connectivity index (χ4n) is 2.71. The largest absolute Gasteiger partial charge is 0.434 e. The maximum atomic E-state index is 12.7. The number of para-hydroxylation sites is 1. The normalized spacial score (nSPS) is 19.7. The van der Waals surface area contributed by atoms with E-state index in [1.165, 1.54) is 23.1 Å². The number of benzene rings is 1. The number of halogens is 2. The molecule has 1 aromatic rings. The summed E-state index contributed by atoms with van der Waals surface area (Å²) in [5, 5.41) is 0. The first-order valence-corrected chi connectivity index (χ1v) is 9.21. The molecule has 1 aliphatic heterocycles.